The Morgan fingerprint density at radius 3 is 2.22 bits per heavy atom. The summed E-state index contributed by atoms with van der Waals surface area (Å²) >= 11 is 0. The lowest BCUT2D eigenvalue weighted by atomic mass is 10.4. The van der Waals surface area contributed by atoms with Crippen molar-refractivity contribution in [1.82, 2.24) is 9.99 Å². The number of rotatable bonds is 1. The Morgan fingerprint density at radius 1 is 1.33 bits per heavy atom. The molecule has 1 saturated heterocycles. The highest BCUT2D eigenvalue weighted by Crippen LogP contribution is 2.21. The number of hydrogen-bond acceptors (Lipinski definition) is 2. The molecule has 1 unspecified atom stereocenters. The molecule has 0 bridgehead atoms. The van der Waals surface area contributed by atoms with Crippen molar-refractivity contribution in [1.29, 1.82) is 0 Å². The standard InChI is InChI=1S/C4H10N2O2P/c7-9(8)6-3-1-5-2-4-6/h5,9H,1-4H2. The third kappa shape index (κ3) is 2.06. The molecule has 0 aromatic heterocycles. The quantitative estimate of drug-likeness (QED) is 0.521. The van der Waals surface area contributed by atoms with Gasteiger partial charge in [-0.25, -0.2) is 4.67 Å². The number of nitrogens with zero attached hydrogens (tertiary/aromatic N) is 1. The van der Waals surface area contributed by atoms with Gasteiger partial charge >= 0.3 is 0 Å². The zero-order valence-electron chi connectivity index (χ0n) is 5.09. The molecule has 1 heterocycles. The van der Waals surface area contributed by atoms with E-state index in [2.05, 4.69) is 5.32 Å². The lowest BCUT2D eigenvalue weighted by molar-refractivity contribution is 0.306. The van der Waals surface area contributed by atoms with Gasteiger partial charge in [0.05, 0.1) is 0 Å². The topological polar surface area (TPSA) is 52.2 Å². The molecule has 0 amide bonds. The van der Waals surface area contributed by atoms with Gasteiger partial charge in [-0.3, -0.25) is 4.57 Å². The van der Waals surface area contributed by atoms with Gasteiger partial charge in [0.1, 0.15) is 0 Å². The fourth-order valence-corrected chi connectivity index (χ4v) is 1.44. The summed E-state index contributed by atoms with van der Waals surface area (Å²) in [7, 11) is -2.64. The fourth-order valence-electron chi connectivity index (χ4n) is 0.847. The average Bonchev–Trinajstić information content (AvgIpc) is 1.90. The minimum absolute atomic E-state index is 0.640. The van der Waals surface area contributed by atoms with Crippen LogP contribution in [0.3, 0.4) is 0 Å². The van der Waals surface area contributed by atoms with Gasteiger partial charge in [0, 0.05) is 26.2 Å². The van der Waals surface area contributed by atoms with Gasteiger partial charge in [0.2, 0.25) is 0 Å². The first-order valence-corrected chi connectivity index (χ1v) is 4.24. The van der Waals surface area contributed by atoms with Gasteiger partial charge < -0.3 is 5.32 Å². The van der Waals surface area contributed by atoms with Crippen LogP contribution in [0.1, 0.15) is 0 Å². The second-order valence-electron chi connectivity index (χ2n) is 2.00. The van der Waals surface area contributed by atoms with Crippen LogP contribution in [-0.4, -0.2) is 30.8 Å². The van der Waals surface area contributed by atoms with Gasteiger partial charge in [-0.1, -0.05) is 0 Å². The SMILES string of the molecule is [O][PH](=O)N1CCNCC1. The van der Waals surface area contributed by atoms with Crippen LogP contribution in [0, 0.1) is 0 Å². The van der Waals surface area contributed by atoms with Crippen LogP contribution < -0.4 is 5.32 Å². The van der Waals surface area contributed by atoms with Crippen molar-refractivity contribution in [3.05, 3.63) is 0 Å². The van der Waals surface area contributed by atoms with Gasteiger partial charge in [-0.15, -0.1) is 0 Å². The highest BCUT2D eigenvalue weighted by Gasteiger charge is 2.13. The van der Waals surface area contributed by atoms with Crippen molar-refractivity contribution in [2.45, 2.75) is 0 Å². The molecule has 5 heteroatoms. The maximum atomic E-state index is 10.3. The Hall–Kier alpha value is 0.110. The summed E-state index contributed by atoms with van der Waals surface area (Å²) < 4.78 is 11.8. The summed E-state index contributed by atoms with van der Waals surface area (Å²) in [5, 5.41) is 3.07. The predicted molar refractivity (Wildman–Crippen MR) is 34.1 cm³/mol. The largest absolute Gasteiger partial charge is 0.314 e. The molecule has 0 saturated carbocycles. The van der Waals surface area contributed by atoms with Crippen LogP contribution in [0.5, 0.6) is 0 Å². The Morgan fingerprint density at radius 2 is 1.89 bits per heavy atom. The molecular formula is C4H10N2O2P. The van der Waals surface area contributed by atoms with E-state index in [0.29, 0.717) is 13.1 Å². The molecule has 0 aromatic carbocycles. The van der Waals surface area contributed by atoms with Gasteiger partial charge in [-0.2, -0.15) is 4.89 Å². The Balaban J connectivity index is 2.31. The van der Waals surface area contributed by atoms with E-state index in [1.165, 1.54) is 4.67 Å². The predicted octanol–water partition coefficient (Wildman–Crippen LogP) is -0.288. The van der Waals surface area contributed by atoms with Crippen LogP contribution in [0.15, 0.2) is 0 Å². The number of hydrogen-bond donors (Lipinski definition) is 1. The molecule has 0 aliphatic carbocycles. The second kappa shape index (κ2) is 3.32. The Bertz CT molecular complexity index is 113. The van der Waals surface area contributed by atoms with Crippen molar-refractivity contribution in [2.75, 3.05) is 26.2 Å². The molecule has 1 fully saturated rings. The van der Waals surface area contributed by atoms with Crippen molar-refractivity contribution >= 4 is 8.18 Å². The summed E-state index contributed by atoms with van der Waals surface area (Å²) in [6.45, 7) is 2.86. The molecule has 1 radical (unpaired) electrons. The highest BCUT2D eigenvalue weighted by molar-refractivity contribution is 7.34. The summed E-state index contributed by atoms with van der Waals surface area (Å²) in [5.74, 6) is 0. The molecule has 1 aliphatic heterocycles. The van der Waals surface area contributed by atoms with Crippen molar-refractivity contribution in [2.24, 2.45) is 0 Å². The summed E-state index contributed by atoms with van der Waals surface area (Å²) in [6, 6.07) is 0. The number of piperazine rings is 1. The maximum absolute atomic E-state index is 10.3. The zero-order valence-corrected chi connectivity index (χ0v) is 6.09. The summed E-state index contributed by atoms with van der Waals surface area (Å²) in [4.78, 5) is 10.3. The van der Waals surface area contributed by atoms with Crippen LogP contribution in [0.4, 0.5) is 0 Å². The average molecular weight is 149 g/mol. The lowest BCUT2D eigenvalue weighted by Crippen LogP contribution is -2.39. The van der Waals surface area contributed by atoms with Gasteiger partial charge in [-0.05, 0) is 0 Å². The van der Waals surface area contributed by atoms with E-state index in [1.807, 2.05) is 0 Å². The van der Waals surface area contributed by atoms with Crippen molar-refractivity contribution in [3.8, 4) is 0 Å². The normalized spacial score (nSPS) is 25.9. The smallest absolute Gasteiger partial charge is 0.291 e. The van der Waals surface area contributed by atoms with Crippen LogP contribution in [0.25, 0.3) is 0 Å². The molecule has 1 aliphatic rings. The molecule has 1 N–H and O–H groups in total. The van der Waals surface area contributed by atoms with Crippen LogP contribution >= 0.6 is 8.18 Å². The van der Waals surface area contributed by atoms with E-state index in [1.54, 1.807) is 0 Å². The second-order valence-corrected chi connectivity index (χ2v) is 3.17. The Kier molecular flexibility index (Phi) is 2.66. The molecule has 0 aromatic rings. The third-order valence-corrected chi connectivity index (χ3v) is 2.34. The molecule has 0 spiro atoms. The van der Waals surface area contributed by atoms with E-state index >= 15 is 0 Å². The zero-order chi connectivity index (χ0) is 6.69. The number of nitrogens with one attached hydrogen (secondary N) is 1. The highest BCUT2D eigenvalue weighted by atomic mass is 31.1. The monoisotopic (exact) mass is 149 g/mol. The summed E-state index contributed by atoms with van der Waals surface area (Å²) in [6.07, 6.45) is 0. The van der Waals surface area contributed by atoms with E-state index < -0.39 is 8.18 Å². The molecule has 4 nitrogen and oxygen atoms in total. The van der Waals surface area contributed by atoms with Gasteiger partial charge in [0.15, 0.2) is 0 Å². The first kappa shape index (κ1) is 7.22. The minimum atomic E-state index is -2.64. The first-order chi connectivity index (χ1) is 4.30. The molecule has 1 atom stereocenters. The van der Waals surface area contributed by atoms with Crippen molar-refractivity contribution in [3.63, 3.8) is 0 Å². The molecule has 9 heavy (non-hydrogen) atoms. The maximum Gasteiger partial charge on any atom is 0.291 e. The molecule has 53 valence electrons. The fraction of sp³-hybridized carbons (Fsp3) is 1.00. The van der Waals surface area contributed by atoms with E-state index in [9.17, 15) is 9.46 Å². The lowest BCUT2D eigenvalue weighted by Gasteiger charge is -2.22. The Labute approximate surface area is 54.8 Å². The van der Waals surface area contributed by atoms with Crippen LogP contribution in [0.2, 0.25) is 0 Å². The molecular weight excluding hydrogens is 139 g/mol. The van der Waals surface area contributed by atoms with E-state index in [4.69, 9.17) is 0 Å². The van der Waals surface area contributed by atoms with Gasteiger partial charge in [0.25, 0.3) is 8.18 Å². The van der Waals surface area contributed by atoms with E-state index in [0.717, 1.165) is 13.1 Å². The first-order valence-electron chi connectivity index (χ1n) is 2.97. The molecule has 1 rings (SSSR count). The van der Waals surface area contributed by atoms with E-state index in [-0.39, 0.29) is 0 Å². The minimum Gasteiger partial charge on any atom is -0.314 e. The van der Waals surface area contributed by atoms with Crippen molar-refractivity contribution < 1.29 is 9.46 Å². The third-order valence-electron chi connectivity index (χ3n) is 1.38. The van der Waals surface area contributed by atoms with Crippen LogP contribution in [-0.2, 0) is 9.46 Å². The summed E-state index contributed by atoms with van der Waals surface area (Å²) in [5.41, 5.74) is 0.